The first-order chi connectivity index (χ1) is 8.11. The molecule has 17 heavy (non-hydrogen) atoms. The zero-order chi connectivity index (χ0) is 12.4. The fourth-order valence-corrected chi connectivity index (χ4v) is 2.07. The third-order valence-corrected chi connectivity index (χ3v) is 2.86. The normalized spacial score (nSPS) is 10.8. The molecular formula is C14H17NO2. The molecule has 1 aromatic carbocycles. The predicted molar refractivity (Wildman–Crippen MR) is 68.0 cm³/mol. The van der Waals surface area contributed by atoms with E-state index in [0.29, 0.717) is 6.61 Å². The molecule has 0 radical (unpaired) electrons. The maximum atomic E-state index is 11.5. The second-order valence-electron chi connectivity index (χ2n) is 4.24. The van der Waals surface area contributed by atoms with Gasteiger partial charge in [-0.2, -0.15) is 0 Å². The molecule has 0 saturated carbocycles. The molecule has 0 bridgehead atoms. The Hall–Kier alpha value is -1.77. The number of nitrogens with zero attached hydrogens (tertiary/aromatic N) is 1. The molecule has 0 N–H and O–H groups in total. The Morgan fingerprint density at radius 1 is 1.29 bits per heavy atom. The van der Waals surface area contributed by atoms with Gasteiger partial charge in [0.1, 0.15) is 6.54 Å². The fourth-order valence-electron chi connectivity index (χ4n) is 2.07. The molecule has 0 aliphatic rings. The van der Waals surface area contributed by atoms with Crippen molar-refractivity contribution < 1.29 is 9.53 Å². The minimum absolute atomic E-state index is 0.186. The molecule has 3 nitrogen and oxygen atoms in total. The van der Waals surface area contributed by atoms with E-state index in [9.17, 15) is 4.79 Å². The fraction of sp³-hybridized carbons (Fsp3) is 0.357. The molecule has 2 aromatic rings. The van der Waals surface area contributed by atoms with Crippen LogP contribution >= 0.6 is 0 Å². The summed E-state index contributed by atoms with van der Waals surface area (Å²) in [5.74, 6) is -0.186. The standard InChI is InChI=1S/C14H17NO2/c1-4-17-14(16)9-15-11(3)8-12-7-10(2)5-6-13(12)15/h5-8H,4,9H2,1-3H3. The first-order valence-electron chi connectivity index (χ1n) is 5.84. The van der Waals surface area contributed by atoms with Gasteiger partial charge in [-0.3, -0.25) is 4.79 Å². The van der Waals surface area contributed by atoms with Crippen molar-refractivity contribution >= 4 is 16.9 Å². The molecular weight excluding hydrogens is 214 g/mol. The van der Waals surface area contributed by atoms with Crippen LogP contribution in [0.2, 0.25) is 0 Å². The third-order valence-electron chi connectivity index (χ3n) is 2.86. The van der Waals surface area contributed by atoms with Crippen LogP contribution in [-0.2, 0) is 16.1 Å². The number of carbonyl (C=O) groups is 1. The van der Waals surface area contributed by atoms with E-state index in [0.717, 1.165) is 11.2 Å². The van der Waals surface area contributed by atoms with Gasteiger partial charge >= 0.3 is 5.97 Å². The van der Waals surface area contributed by atoms with E-state index in [1.165, 1.54) is 10.9 Å². The Morgan fingerprint density at radius 2 is 2.06 bits per heavy atom. The van der Waals surface area contributed by atoms with E-state index in [1.807, 2.05) is 18.4 Å². The topological polar surface area (TPSA) is 31.2 Å². The van der Waals surface area contributed by atoms with E-state index < -0.39 is 0 Å². The molecule has 0 unspecified atom stereocenters. The number of ether oxygens (including phenoxy) is 1. The van der Waals surface area contributed by atoms with Crippen LogP contribution in [-0.4, -0.2) is 17.1 Å². The lowest BCUT2D eigenvalue weighted by Gasteiger charge is -2.07. The van der Waals surface area contributed by atoms with Gasteiger partial charge in [-0.05, 0) is 39.0 Å². The molecule has 0 atom stereocenters. The van der Waals surface area contributed by atoms with E-state index >= 15 is 0 Å². The number of hydrogen-bond acceptors (Lipinski definition) is 2. The Kier molecular flexibility index (Phi) is 3.18. The van der Waals surface area contributed by atoms with Crippen LogP contribution in [0.4, 0.5) is 0 Å². The number of aryl methyl sites for hydroxylation is 2. The summed E-state index contributed by atoms with van der Waals surface area (Å²) in [7, 11) is 0. The molecule has 0 aliphatic carbocycles. The van der Waals surface area contributed by atoms with Crippen LogP contribution in [0.15, 0.2) is 24.3 Å². The van der Waals surface area contributed by atoms with Gasteiger partial charge in [-0.1, -0.05) is 11.6 Å². The largest absolute Gasteiger partial charge is 0.465 e. The van der Waals surface area contributed by atoms with Crippen LogP contribution in [0, 0.1) is 13.8 Å². The first-order valence-corrected chi connectivity index (χ1v) is 5.84. The number of carbonyl (C=O) groups excluding carboxylic acids is 1. The molecule has 0 fully saturated rings. The molecule has 90 valence electrons. The number of hydrogen-bond donors (Lipinski definition) is 0. The minimum atomic E-state index is -0.186. The van der Waals surface area contributed by atoms with Crippen LogP contribution in [0.3, 0.4) is 0 Å². The SMILES string of the molecule is CCOC(=O)Cn1c(C)cc2cc(C)ccc21. The number of fused-ring (bicyclic) bond motifs is 1. The summed E-state index contributed by atoms with van der Waals surface area (Å²) in [6.45, 7) is 6.61. The highest BCUT2D eigenvalue weighted by Gasteiger charge is 2.09. The Balaban J connectivity index is 2.39. The molecule has 3 heteroatoms. The summed E-state index contributed by atoms with van der Waals surface area (Å²) in [6.07, 6.45) is 0. The summed E-state index contributed by atoms with van der Waals surface area (Å²) in [5, 5.41) is 1.17. The van der Waals surface area contributed by atoms with Crippen molar-refractivity contribution in [2.45, 2.75) is 27.3 Å². The summed E-state index contributed by atoms with van der Waals surface area (Å²) >= 11 is 0. The van der Waals surface area contributed by atoms with Crippen molar-refractivity contribution in [1.82, 2.24) is 4.57 Å². The summed E-state index contributed by atoms with van der Waals surface area (Å²) in [6, 6.07) is 8.34. The van der Waals surface area contributed by atoms with Gasteiger partial charge in [0.2, 0.25) is 0 Å². The number of rotatable bonds is 3. The highest BCUT2D eigenvalue weighted by Crippen LogP contribution is 2.20. The van der Waals surface area contributed by atoms with Gasteiger partial charge in [-0.15, -0.1) is 0 Å². The van der Waals surface area contributed by atoms with Crippen molar-refractivity contribution in [2.24, 2.45) is 0 Å². The minimum Gasteiger partial charge on any atom is -0.465 e. The summed E-state index contributed by atoms with van der Waals surface area (Å²) in [4.78, 5) is 11.5. The average molecular weight is 231 g/mol. The van der Waals surface area contributed by atoms with Crippen molar-refractivity contribution in [3.63, 3.8) is 0 Å². The van der Waals surface area contributed by atoms with Gasteiger partial charge in [-0.25, -0.2) is 0 Å². The maximum Gasteiger partial charge on any atom is 0.325 e. The predicted octanol–water partition coefficient (Wildman–Crippen LogP) is 2.82. The third kappa shape index (κ3) is 2.33. The summed E-state index contributed by atoms with van der Waals surface area (Å²) in [5.41, 5.74) is 3.39. The number of esters is 1. The molecule has 0 saturated heterocycles. The van der Waals surface area contributed by atoms with Crippen molar-refractivity contribution in [3.8, 4) is 0 Å². The van der Waals surface area contributed by atoms with Crippen LogP contribution < -0.4 is 0 Å². The molecule has 0 amide bonds. The first kappa shape index (κ1) is 11.7. The van der Waals surface area contributed by atoms with Gasteiger partial charge in [0.25, 0.3) is 0 Å². The number of aromatic nitrogens is 1. The van der Waals surface area contributed by atoms with Gasteiger partial charge < -0.3 is 9.30 Å². The van der Waals surface area contributed by atoms with E-state index in [-0.39, 0.29) is 12.5 Å². The van der Waals surface area contributed by atoms with E-state index in [4.69, 9.17) is 4.74 Å². The van der Waals surface area contributed by atoms with Crippen molar-refractivity contribution in [3.05, 3.63) is 35.5 Å². The Morgan fingerprint density at radius 3 is 2.76 bits per heavy atom. The van der Waals surface area contributed by atoms with Crippen LogP contribution in [0.1, 0.15) is 18.2 Å². The van der Waals surface area contributed by atoms with E-state index in [2.05, 4.69) is 31.2 Å². The second kappa shape index (κ2) is 4.62. The van der Waals surface area contributed by atoms with Crippen LogP contribution in [0.25, 0.3) is 10.9 Å². The van der Waals surface area contributed by atoms with Gasteiger partial charge in [0, 0.05) is 16.6 Å². The van der Waals surface area contributed by atoms with Crippen molar-refractivity contribution in [1.29, 1.82) is 0 Å². The Labute approximate surface area is 101 Å². The highest BCUT2D eigenvalue weighted by molar-refractivity contribution is 5.83. The molecule has 1 heterocycles. The van der Waals surface area contributed by atoms with Crippen LogP contribution in [0.5, 0.6) is 0 Å². The van der Waals surface area contributed by atoms with Gasteiger partial charge in [0.15, 0.2) is 0 Å². The quantitative estimate of drug-likeness (QED) is 0.761. The smallest absolute Gasteiger partial charge is 0.325 e. The molecule has 0 spiro atoms. The lowest BCUT2D eigenvalue weighted by atomic mass is 10.2. The Bertz CT molecular complexity index is 555. The molecule has 1 aromatic heterocycles. The lowest BCUT2D eigenvalue weighted by molar-refractivity contribution is -0.143. The maximum absolute atomic E-state index is 11.5. The highest BCUT2D eigenvalue weighted by atomic mass is 16.5. The summed E-state index contributed by atoms with van der Waals surface area (Å²) < 4.78 is 6.98. The van der Waals surface area contributed by atoms with E-state index in [1.54, 1.807) is 0 Å². The molecule has 0 aliphatic heterocycles. The average Bonchev–Trinajstić information content (AvgIpc) is 2.55. The molecule has 2 rings (SSSR count). The number of benzene rings is 1. The zero-order valence-electron chi connectivity index (χ0n) is 10.5. The second-order valence-corrected chi connectivity index (χ2v) is 4.24. The lowest BCUT2D eigenvalue weighted by Crippen LogP contribution is -2.14. The zero-order valence-corrected chi connectivity index (χ0v) is 10.5. The van der Waals surface area contributed by atoms with Gasteiger partial charge in [0.05, 0.1) is 6.61 Å². The monoisotopic (exact) mass is 231 g/mol. The van der Waals surface area contributed by atoms with Crippen molar-refractivity contribution in [2.75, 3.05) is 6.61 Å².